The highest BCUT2D eigenvalue weighted by Crippen LogP contribution is 2.71. The molecule has 1 unspecified atom stereocenters. The topological polar surface area (TPSA) is 137 Å². The molecule has 0 aromatic rings. The standard InChI is InChI=1S/C40H63NO9/c1-36(2)31-8-12-39(5)28-7-11-37(3)14-15-38(4,26-29(37)27(28)25-30(42)34(39)40(31,6)13-9-32(36)43)35(46)41-16-18-48-20-22-50-24-23-49-21-19-47-17-10-33(44)45/h25,28-29,31,34H,7-24,26H2,1-6H3,(H,41,46)(H,44,45)/t28?,29-,31+,34+,37+,38+,39+,40+/m1/s1. The van der Waals surface area contributed by atoms with Crippen LogP contribution in [0.25, 0.3) is 0 Å². The van der Waals surface area contributed by atoms with E-state index in [-0.39, 0.29) is 64.1 Å². The normalized spacial score (nSPS) is 37.5. The fourth-order valence-electron chi connectivity index (χ4n) is 11.3. The summed E-state index contributed by atoms with van der Waals surface area (Å²) in [6, 6.07) is 0. The molecule has 0 radical (unpaired) electrons. The molecule has 0 saturated heterocycles. The van der Waals surface area contributed by atoms with Gasteiger partial charge in [-0.05, 0) is 91.4 Å². The maximum absolute atomic E-state index is 14.4. The average Bonchev–Trinajstić information content (AvgIpc) is 3.04. The van der Waals surface area contributed by atoms with Crippen LogP contribution in [0.1, 0.15) is 106 Å². The molecule has 0 aromatic heterocycles. The van der Waals surface area contributed by atoms with Gasteiger partial charge in [-0.2, -0.15) is 0 Å². The summed E-state index contributed by atoms with van der Waals surface area (Å²) in [5, 5.41) is 11.7. The van der Waals surface area contributed by atoms with Gasteiger partial charge in [-0.1, -0.05) is 47.1 Å². The number of carbonyl (C=O) groups excluding carboxylic acids is 3. The molecular formula is C40H63NO9. The number of carboxylic acids is 1. The zero-order valence-electron chi connectivity index (χ0n) is 31.5. The SMILES string of the molecule is CC1(C)C(=O)CC[C@]2(C)[C@H]3C(=O)C=C4C(CC[C@@]5(C)CC[C@](C)(C(=O)NCCOCCOCCOCCOCCC(=O)O)C[C@H]45)[C@]3(C)CC[C@@H]12. The number of fused-ring (bicyclic) bond motifs is 7. The second kappa shape index (κ2) is 15.5. The van der Waals surface area contributed by atoms with Crippen molar-refractivity contribution in [1.29, 1.82) is 0 Å². The van der Waals surface area contributed by atoms with E-state index in [1.54, 1.807) is 0 Å². The Bertz CT molecular complexity index is 1310. The number of ketones is 2. The molecule has 50 heavy (non-hydrogen) atoms. The molecule has 0 aliphatic heterocycles. The Morgan fingerprint density at radius 2 is 1.38 bits per heavy atom. The maximum Gasteiger partial charge on any atom is 0.305 e. The third-order valence-electron chi connectivity index (χ3n) is 14.2. The van der Waals surface area contributed by atoms with Gasteiger partial charge < -0.3 is 29.4 Å². The van der Waals surface area contributed by atoms with E-state index < -0.39 is 11.4 Å². The van der Waals surface area contributed by atoms with Crippen LogP contribution in [-0.4, -0.2) is 87.9 Å². The van der Waals surface area contributed by atoms with E-state index in [0.717, 1.165) is 51.4 Å². The molecule has 0 spiro atoms. The average molecular weight is 702 g/mol. The molecule has 8 atom stereocenters. The molecule has 2 N–H and O–H groups in total. The van der Waals surface area contributed by atoms with Crippen molar-refractivity contribution in [2.24, 2.45) is 50.7 Å². The smallest absolute Gasteiger partial charge is 0.305 e. The first-order valence-electron chi connectivity index (χ1n) is 19.2. The number of allylic oxidation sites excluding steroid dienone is 2. The lowest BCUT2D eigenvalue weighted by Gasteiger charge is -2.66. The molecule has 0 aromatic carbocycles. The van der Waals surface area contributed by atoms with Gasteiger partial charge in [-0.25, -0.2) is 0 Å². The highest BCUT2D eigenvalue weighted by molar-refractivity contribution is 5.96. The van der Waals surface area contributed by atoms with E-state index in [4.69, 9.17) is 24.1 Å². The number of ether oxygens (including phenoxy) is 4. The summed E-state index contributed by atoms with van der Waals surface area (Å²) < 4.78 is 21.8. The van der Waals surface area contributed by atoms with E-state index in [9.17, 15) is 19.2 Å². The van der Waals surface area contributed by atoms with Crippen LogP contribution in [0.15, 0.2) is 11.6 Å². The summed E-state index contributed by atoms with van der Waals surface area (Å²) in [5.41, 5.74) is 0.225. The van der Waals surface area contributed by atoms with Gasteiger partial charge in [0.25, 0.3) is 0 Å². The predicted molar refractivity (Wildman–Crippen MR) is 188 cm³/mol. The van der Waals surface area contributed by atoms with Crippen LogP contribution < -0.4 is 5.32 Å². The Hall–Kier alpha value is -2.14. The minimum absolute atomic E-state index is 0.0144. The number of rotatable bonds is 16. The predicted octanol–water partition coefficient (Wildman–Crippen LogP) is 5.80. The van der Waals surface area contributed by atoms with Gasteiger partial charge >= 0.3 is 5.97 Å². The first-order valence-corrected chi connectivity index (χ1v) is 19.2. The molecule has 5 rings (SSSR count). The van der Waals surface area contributed by atoms with Crippen LogP contribution in [0.5, 0.6) is 0 Å². The summed E-state index contributed by atoms with van der Waals surface area (Å²) in [6.45, 7) is 16.9. The number of Topliss-reactive ketones (excluding diaryl/α,β-unsaturated/α-hetero) is 1. The Morgan fingerprint density at radius 3 is 2.02 bits per heavy atom. The number of aliphatic carboxylic acids is 1. The van der Waals surface area contributed by atoms with Gasteiger partial charge in [0.2, 0.25) is 5.91 Å². The molecular weight excluding hydrogens is 638 g/mol. The lowest BCUT2D eigenvalue weighted by molar-refractivity contribution is -0.175. The van der Waals surface area contributed by atoms with Crippen LogP contribution in [0.2, 0.25) is 0 Å². The zero-order valence-corrected chi connectivity index (χ0v) is 31.5. The van der Waals surface area contributed by atoms with E-state index >= 15 is 0 Å². The fourth-order valence-corrected chi connectivity index (χ4v) is 11.3. The van der Waals surface area contributed by atoms with Crippen LogP contribution >= 0.6 is 0 Å². The lowest BCUT2D eigenvalue weighted by Crippen LogP contribution is -2.63. The van der Waals surface area contributed by atoms with Crippen molar-refractivity contribution in [3.63, 3.8) is 0 Å². The molecule has 5 aliphatic rings. The first-order chi connectivity index (χ1) is 23.6. The van der Waals surface area contributed by atoms with Gasteiger partial charge in [-0.3, -0.25) is 19.2 Å². The third-order valence-corrected chi connectivity index (χ3v) is 14.2. The molecule has 0 heterocycles. The molecule has 5 aliphatic carbocycles. The van der Waals surface area contributed by atoms with Gasteiger partial charge in [0.05, 0.1) is 59.3 Å². The highest BCUT2D eigenvalue weighted by Gasteiger charge is 2.67. The van der Waals surface area contributed by atoms with Crippen molar-refractivity contribution < 1.29 is 43.2 Å². The number of hydrogen-bond acceptors (Lipinski definition) is 8. The third kappa shape index (κ3) is 7.65. The summed E-state index contributed by atoms with van der Waals surface area (Å²) in [5.74, 6) is 0.545. The van der Waals surface area contributed by atoms with Gasteiger partial charge in [-0.15, -0.1) is 0 Å². The Morgan fingerprint density at radius 1 is 0.760 bits per heavy atom. The van der Waals surface area contributed by atoms with Crippen LogP contribution in [0.4, 0.5) is 0 Å². The van der Waals surface area contributed by atoms with E-state index in [1.807, 2.05) is 6.08 Å². The van der Waals surface area contributed by atoms with Crippen LogP contribution in [0.3, 0.4) is 0 Å². The largest absolute Gasteiger partial charge is 0.481 e. The van der Waals surface area contributed by atoms with E-state index in [1.165, 1.54) is 5.57 Å². The molecule has 282 valence electrons. The summed E-state index contributed by atoms with van der Waals surface area (Å²) in [7, 11) is 0. The van der Waals surface area contributed by atoms with Crippen molar-refractivity contribution in [2.75, 3.05) is 59.4 Å². The first kappa shape index (κ1) is 39.1. The highest BCUT2D eigenvalue weighted by atomic mass is 16.6. The summed E-state index contributed by atoms with van der Waals surface area (Å²) in [6.07, 6.45) is 10.2. The second-order valence-corrected chi connectivity index (χ2v) is 17.6. The number of carboxylic acid groups (broad SMARTS) is 1. The number of amides is 1. The summed E-state index contributed by atoms with van der Waals surface area (Å²) in [4.78, 5) is 51.6. The zero-order chi connectivity index (χ0) is 36.4. The Balaban J connectivity index is 1.10. The molecule has 4 saturated carbocycles. The maximum atomic E-state index is 14.4. The minimum atomic E-state index is -0.881. The summed E-state index contributed by atoms with van der Waals surface area (Å²) >= 11 is 0. The fraction of sp³-hybridized carbons (Fsp3) is 0.850. The van der Waals surface area contributed by atoms with Crippen molar-refractivity contribution in [1.82, 2.24) is 5.32 Å². The Labute approximate surface area is 299 Å². The second-order valence-electron chi connectivity index (χ2n) is 17.6. The van der Waals surface area contributed by atoms with Crippen molar-refractivity contribution >= 4 is 23.4 Å². The van der Waals surface area contributed by atoms with Gasteiger partial charge in [0.15, 0.2) is 5.78 Å². The van der Waals surface area contributed by atoms with E-state index in [2.05, 4.69) is 46.9 Å². The molecule has 1 amide bonds. The minimum Gasteiger partial charge on any atom is -0.481 e. The number of carbonyl (C=O) groups is 4. The van der Waals surface area contributed by atoms with Crippen molar-refractivity contribution in [3.05, 3.63) is 11.6 Å². The lowest BCUT2D eigenvalue weighted by atomic mass is 9.37. The molecule has 4 fully saturated rings. The number of hydrogen-bond donors (Lipinski definition) is 2. The molecule has 10 heteroatoms. The van der Waals surface area contributed by atoms with Crippen LogP contribution in [0, 0.1) is 50.7 Å². The van der Waals surface area contributed by atoms with Crippen LogP contribution in [-0.2, 0) is 38.1 Å². The van der Waals surface area contributed by atoms with Crippen molar-refractivity contribution in [2.45, 2.75) is 106 Å². The quantitative estimate of drug-likeness (QED) is 0.191. The molecule has 10 nitrogen and oxygen atoms in total. The Kier molecular flexibility index (Phi) is 12.1. The van der Waals surface area contributed by atoms with Gasteiger partial charge in [0.1, 0.15) is 5.78 Å². The molecule has 0 bridgehead atoms. The number of nitrogens with one attached hydrogen (secondary N) is 1. The monoisotopic (exact) mass is 701 g/mol. The van der Waals surface area contributed by atoms with E-state index in [0.29, 0.717) is 70.9 Å². The van der Waals surface area contributed by atoms with Gasteiger partial charge in [0, 0.05) is 29.7 Å². The van der Waals surface area contributed by atoms with Crippen molar-refractivity contribution in [3.8, 4) is 0 Å².